The van der Waals surface area contributed by atoms with Crippen LogP contribution >= 0.6 is 0 Å². The van der Waals surface area contributed by atoms with Gasteiger partial charge in [-0.05, 0) is 12.3 Å². The number of carbonyl (C=O) groups excluding carboxylic acids is 1. The van der Waals surface area contributed by atoms with Gasteiger partial charge in [0.2, 0.25) is 5.91 Å². The van der Waals surface area contributed by atoms with Gasteiger partial charge in [0.1, 0.15) is 0 Å². The number of likely N-dealkylation sites (N-methyl/N-ethyl adjacent to an activating group) is 1. The highest BCUT2D eigenvalue weighted by Gasteiger charge is 2.21. The van der Waals surface area contributed by atoms with Gasteiger partial charge in [0.05, 0.1) is 24.9 Å². The fraction of sp³-hybridized carbons (Fsp3) is 0.769. The van der Waals surface area contributed by atoms with Crippen LogP contribution in [0, 0.1) is 5.92 Å². The molecule has 0 aliphatic heterocycles. The molecule has 0 aliphatic carbocycles. The minimum Gasteiger partial charge on any atom is -0.394 e. The Hall–Kier alpha value is -1.47. The second kappa shape index (κ2) is 7.96. The number of hydrogen-bond donors (Lipinski definition) is 2. The van der Waals surface area contributed by atoms with E-state index in [-0.39, 0.29) is 18.6 Å². The van der Waals surface area contributed by atoms with E-state index in [2.05, 4.69) is 29.5 Å². The standard InChI is InChI=1S/C13H25N5O2/c1-10(2)7-12(13(20)17(3)4)14-8-11-9-18(5-6-19)16-15-11/h9-10,12,14,19H,5-8H2,1-4H3. The smallest absolute Gasteiger partial charge is 0.239 e. The Kier molecular flexibility index (Phi) is 6.60. The van der Waals surface area contributed by atoms with Crippen LogP contribution in [-0.4, -0.2) is 57.7 Å². The van der Waals surface area contributed by atoms with Gasteiger partial charge < -0.3 is 15.3 Å². The Labute approximate surface area is 120 Å². The van der Waals surface area contributed by atoms with Crippen molar-refractivity contribution in [3.8, 4) is 0 Å². The molecule has 114 valence electrons. The number of aliphatic hydroxyl groups is 1. The maximum atomic E-state index is 12.1. The van der Waals surface area contributed by atoms with Crippen molar-refractivity contribution in [3.63, 3.8) is 0 Å². The Morgan fingerprint density at radius 2 is 2.20 bits per heavy atom. The number of carbonyl (C=O) groups is 1. The van der Waals surface area contributed by atoms with Crippen LogP contribution in [0.1, 0.15) is 26.0 Å². The van der Waals surface area contributed by atoms with Crippen LogP contribution in [0.15, 0.2) is 6.20 Å². The van der Waals surface area contributed by atoms with E-state index in [1.165, 1.54) is 0 Å². The Balaban J connectivity index is 2.58. The highest BCUT2D eigenvalue weighted by atomic mass is 16.3. The summed E-state index contributed by atoms with van der Waals surface area (Å²) >= 11 is 0. The summed E-state index contributed by atoms with van der Waals surface area (Å²) in [5.41, 5.74) is 0.763. The second-order valence-electron chi connectivity index (χ2n) is 5.49. The van der Waals surface area contributed by atoms with E-state index in [4.69, 9.17) is 5.11 Å². The van der Waals surface area contributed by atoms with Gasteiger partial charge in [-0.25, -0.2) is 4.68 Å². The normalized spacial score (nSPS) is 12.7. The average Bonchev–Trinajstić information content (AvgIpc) is 2.81. The van der Waals surface area contributed by atoms with Gasteiger partial charge in [0, 0.05) is 26.8 Å². The largest absolute Gasteiger partial charge is 0.394 e. The maximum Gasteiger partial charge on any atom is 0.239 e. The summed E-state index contributed by atoms with van der Waals surface area (Å²) in [6.07, 6.45) is 2.55. The third-order valence-electron chi connectivity index (χ3n) is 2.89. The lowest BCUT2D eigenvalue weighted by molar-refractivity contribution is -0.131. The second-order valence-corrected chi connectivity index (χ2v) is 5.49. The van der Waals surface area contributed by atoms with Crippen molar-refractivity contribution in [2.45, 2.75) is 39.4 Å². The van der Waals surface area contributed by atoms with Crippen LogP contribution in [0.5, 0.6) is 0 Å². The van der Waals surface area contributed by atoms with Crippen molar-refractivity contribution < 1.29 is 9.90 Å². The molecule has 0 saturated carbocycles. The molecule has 0 aromatic carbocycles. The summed E-state index contributed by atoms with van der Waals surface area (Å²) in [5.74, 6) is 0.503. The molecule has 1 unspecified atom stereocenters. The first-order valence-corrected chi connectivity index (χ1v) is 6.88. The molecule has 1 aromatic rings. The van der Waals surface area contributed by atoms with Crippen molar-refractivity contribution in [1.29, 1.82) is 0 Å². The third-order valence-corrected chi connectivity index (χ3v) is 2.89. The topological polar surface area (TPSA) is 83.3 Å². The van der Waals surface area contributed by atoms with Crippen LogP contribution in [0.25, 0.3) is 0 Å². The van der Waals surface area contributed by atoms with Crippen LogP contribution < -0.4 is 5.32 Å². The first-order valence-electron chi connectivity index (χ1n) is 6.88. The lowest BCUT2D eigenvalue weighted by Crippen LogP contribution is -2.44. The summed E-state index contributed by atoms with van der Waals surface area (Å²) in [6.45, 7) is 5.14. The minimum absolute atomic E-state index is 0.0331. The molecule has 0 bridgehead atoms. The van der Waals surface area contributed by atoms with E-state index >= 15 is 0 Å². The first-order chi connectivity index (χ1) is 9.43. The number of nitrogens with one attached hydrogen (secondary N) is 1. The van der Waals surface area contributed by atoms with Crippen LogP contribution in [-0.2, 0) is 17.9 Å². The SMILES string of the molecule is CC(C)CC(NCc1cn(CCO)nn1)C(=O)N(C)C. The predicted octanol–water partition coefficient (Wildman–Crippen LogP) is -0.137. The van der Waals surface area contributed by atoms with E-state index in [1.807, 2.05) is 0 Å². The van der Waals surface area contributed by atoms with Crippen molar-refractivity contribution in [1.82, 2.24) is 25.2 Å². The van der Waals surface area contributed by atoms with Crippen LogP contribution in [0.2, 0.25) is 0 Å². The molecule has 7 nitrogen and oxygen atoms in total. The zero-order valence-corrected chi connectivity index (χ0v) is 12.7. The Morgan fingerprint density at radius 1 is 1.50 bits per heavy atom. The summed E-state index contributed by atoms with van der Waals surface area (Å²) in [6, 6.07) is -0.215. The molecule has 0 spiro atoms. The highest BCUT2D eigenvalue weighted by Crippen LogP contribution is 2.07. The van der Waals surface area contributed by atoms with E-state index in [0.717, 1.165) is 12.1 Å². The Morgan fingerprint density at radius 3 is 2.75 bits per heavy atom. The summed E-state index contributed by atoms with van der Waals surface area (Å²) in [5, 5.41) is 20.0. The Bertz CT molecular complexity index is 417. The van der Waals surface area contributed by atoms with Crippen molar-refractivity contribution in [3.05, 3.63) is 11.9 Å². The highest BCUT2D eigenvalue weighted by molar-refractivity contribution is 5.81. The zero-order valence-electron chi connectivity index (χ0n) is 12.7. The number of amides is 1. The summed E-state index contributed by atoms with van der Waals surface area (Å²) in [4.78, 5) is 13.7. The summed E-state index contributed by atoms with van der Waals surface area (Å²) in [7, 11) is 3.52. The molecule has 0 fully saturated rings. The molecule has 1 heterocycles. The van der Waals surface area contributed by atoms with Gasteiger partial charge in [-0.15, -0.1) is 5.10 Å². The number of hydrogen-bond acceptors (Lipinski definition) is 5. The van der Waals surface area contributed by atoms with Crippen molar-refractivity contribution >= 4 is 5.91 Å². The van der Waals surface area contributed by atoms with Crippen molar-refractivity contribution in [2.24, 2.45) is 5.92 Å². The number of nitrogens with zero attached hydrogens (tertiary/aromatic N) is 4. The van der Waals surface area contributed by atoms with E-state index in [0.29, 0.717) is 19.0 Å². The van der Waals surface area contributed by atoms with E-state index in [1.54, 1.807) is 29.9 Å². The minimum atomic E-state index is -0.215. The van der Waals surface area contributed by atoms with Gasteiger partial charge >= 0.3 is 0 Å². The van der Waals surface area contributed by atoms with E-state index in [9.17, 15) is 4.79 Å². The van der Waals surface area contributed by atoms with E-state index < -0.39 is 0 Å². The molecular weight excluding hydrogens is 258 g/mol. The zero-order chi connectivity index (χ0) is 15.1. The molecule has 1 atom stereocenters. The molecule has 0 saturated heterocycles. The fourth-order valence-electron chi connectivity index (χ4n) is 1.91. The number of rotatable bonds is 8. The number of aliphatic hydroxyl groups excluding tert-OH is 1. The first kappa shape index (κ1) is 16.6. The maximum absolute atomic E-state index is 12.1. The predicted molar refractivity (Wildman–Crippen MR) is 75.9 cm³/mol. The molecule has 2 N–H and O–H groups in total. The van der Waals surface area contributed by atoms with Gasteiger partial charge in [0.15, 0.2) is 0 Å². The van der Waals surface area contributed by atoms with Gasteiger partial charge in [-0.2, -0.15) is 0 Å². The van der Waals surface area contributed by atoms with Gasteiger partial charge in [0.25, 0.3) is 0 Å². The lowest BCUT2D eigenvalue weighted by atomic mass is 10.0. The number of aromatic nitrogens is 3. The lowest BCUT2D eigenvalue weighted by Gasteiger charge is -2.22. The summed E-state index contributed by atoms with van der Waals surface area (Å²) < 4.78 is 1.59. The molecule has 0 aliphatic rings. The molecule has 1 rings (SSSR count). The average molecular weight is 283 g/mol. The molecular formula is C13H25N5O2. The monoisotopic (exact) mass is 283 g/mol. The van der Waals surface area contributed by atoms with Crippen LogP contribution in [0.3, 0.4) is 0 Å². The van der Waals surface area contributed by atoms with Gasteiger partial charge in [-0.1, -0.05) is 19.1 Å². The molecule has 7 heteroatoms. The molecule has 1 aromatic heterocycles. The quantitative estimate of drug-likeness (QED) is 0.694. The third kappa shape index (κ3) is 5.26. The van der Waals surface area contributed by atoms with Crippen molar-refractivity contribution in [2.75, 3.05) is 20.7 Å². The molecule has 20 heavy (non-hydrogen) atoms. The van der Waals surface area contributed by atoms with Crippen LogP contribution in [0.4, 0.5) is 0 Å². The van der Waals surface area contributed by atoms with Gasteiger partial charge in [-0.3, -0.25) is 4.79 Å². The fourth-order valence-corrected chi connectivity index (χ4v) is 1.91. The molecule has 0 radical (unpaired) electrons. The molecule has 1 amide bonds.